The van der Waals surface area contributed by atoms with Crippen molar-refractivity contribution in [2.75, 3.05) is 0 Å². The Hall–Kier alpha value is 0.234. The maximum Gasteiger partial charge on any atom is 0 e. The van der Waals surface area contributed by atoms with Gasteiger partial charge in [-0.3, -0.25) is 6.08 Å². The van der Waals surface area contributed by atoms with Gasteiger partial charge >= 0.3 is 0 Å². The topological polar surface area (TPSA) is 0 Å². The molecule has 0 aromatic heterocycles. The van der Waals surface area contributed by atoms with Crippen LogP contribution in [0.2, 0.25) is 0 Å². The molecule has 6 heavy (non-hydrogen) atoms. The number of rotatable bonds is 0. The minimum absolute atomic E-state index is 0. The summed E-state index contributed by atoms with van der Waals surface area (Å²) in [6.45, 7) is 0. The molecule has 0 aromatic carbocycles. The molecule has 0 radical (unpaired) electrons. The van der Waals surface area contributed by atoms with E-state index in [0.717, 1.165) is 0 Å². The molecule has 1 aliphatic rings. The van der Waals surface area contributed by atoms with E-state index < -0.39 is 0 Å². The van der Waals surface area contributed by atoms with Crippen molar-refractivity contribution >= 4 is 0 Å². The molecule has 0 aromatic rings. The van der Waals surface area contributed by atoms with Crippen molar-refractivity contribution in [1.82, 2.24) is 0 Å². The first-order valence-corrected chi connectivity index (χ1v) is 2.05. The second-order valence-electron chi connectivity index (χ2n) is 1.30. The van der Waals surface area contributed by atoms with Gasteiger partial charge in [-0.25, -0.2) is 0 Å². The monoisotopic (exact) mass is 125 g/mol. The van der Waals surface area contributed by atoms with Crippen LogP contribution in [0.4, 0.5) is 0 Å². The molecule has 0 atom stereocenters. The van der Waals surface area contributed by atoms with E-state index in [-0.39, 0.29) is 16.5 Å². The molecule has 0 spiro atoms. The largest absolute Gasteiger partial charge is 0.501 e. The van der Waals surface area contributed by atoms with Crippen LogP contribution in [-0.2, 0) is 16.5 Å². The second-order valence-corrected chi connectivity index (χ2v) is 1.30. The Morgan fingerprint density at radius 3 is 2.50 bits per heavy atom. The van der Waals surface area contributed by atoms with Crippen molar-refractivity contribution in [3.8, 4) is 0 Å². The third-order valence-electron chi connectivity index (χ3n) is 0.814. The van der Waals surface area contributed by atoms with Gasteiger partial charge in [-0.1, -0.05) is 12.8 Å². The van der Waals surface area contributed by atoms with Crippen LogP contribution in [0, 0.1) is 6.08 Å². The fourth-order valence-corrected chi connectivity index (χ4v) is 0.510. The quantitative estimate of drug-likeness (QED) is 0.341. The zero-order chi connectivity index (χ0) is 3.54. The molecule has 0 fully saturated rings. The molecule has 0 unspecified atom stereocenters. The van der Waals surface area contributed by atoms with Crippen LogP contribution in [0.25, 0.3) is 0 Å². The summed E-state index contributed by atoms with van der Waals surface area (Å²) in [4.78, 5) is 0. The fraction of sp³-hybridized carbons (Fsp3) is 0.600. The van der Waals surface area contributed by atoms with E-state index >= 15 is 0 Å². The van der Waals surface area contributed by atoms with E-state index in [9.17, 15) is 0 Å². The second kappa shape index (κ2) is 3.42. The molecule has 0 saturated carbocycles. The third-order valence-corrected chi connectivity index (χ3v) is 0.814. The summed E-state index contributed by atoms with van der Waals surface area (Å²) < 4.78 is 0. The smallest absolute Gasteiger partial charge is 0 e. The van der Waals surface area contributed by atoms with E-state index in [1.807, 2.05) is 0 Å². The van der Waals surface area contributed by atoms with Crippen LogP contribution in [0.15, 0.2) is 6.08 Å². The third kappa shape index (κ3) is 1.62. The first-order valence-electron chi connectivity index (χ1n) is 2.05. The van der Waals surface area contributed by atoms with Gasteiger partial charge in [0.1, 0.15) is 0 Å². The van der Waals surface area contributed by atoms with Crippen molar-refractivity contribution in [1.29, 1.82) is 0 Å². The zero-order valence-corrected chi connectivity index (χ0v) is 4.50. The average molecular weight is 126 g/mol. The van der Waals surface area contributed by atoms with Gasteiger partial charge in [0.05, 0.1) is 0 Å². The molecule has 0 aliphatic heterocycles. The average Bonchev–Trinajstić information content (AvgIpc) is 1.76. The SMILES string of the molecule is [C-]1=CCCC1.[Ni]. The minimum atomic E-state index is 0. The van der Waals surface area contributed by atoms with E-state index in [1.54, 1.807) is 0 Å². The van der Waals surface area contributed by atoms with E-state index in [1.165, 1.54) is 19.3 Å². The molecular weight excluding hydrogens is 119 g/mol. The van der Waals surface area contributed by atoms with Crippen LogP contribution in [0.1, 0.15) is 19.3 Å². The molecule has 1 aliphatic carbocycles. The minimum Gasteiger partial charge on any atom is -0.501 e. The summed E-state index contributed by atoms with van der Waals surface area (Å²) in [5, 5.41) is 0. The normalized spacial score (nSPS) is 17.3. The van der Waals surface area contributed by atoms with Gasteiger partial charge in [-0.05, 0) is 0 Å². The van der Waals surface area contributed by atoms with E-state index in [4.69, 9.17) is 0 Å². The number of hydrogen-bond acceptors (Lipinski definition) is 0. The van der Waals surface area contributed by atoms with Gasteiger partial charge in [0.2, 0.25) is 0 Å². The van der Waals surface area contributed by atoms with E-state index in [0.29, 0.717) is 0 Å². The zero-order valence-electron chi connectivity index (χ0n) is 3.51. The molecule has 0 N–H and O–H groups in total. The van der Waals surface area contributed by atoms with Crippen LogP contribution in [-0.4, -0.2) is 0 Å². The summed E-state index contributed by atoms with van der Waals surface area (Å²) in [6, 6.07) is 0. The maximum absolute atomic E-state index is 3.10. The Kier molecular flexibility index (Phi) is 3.56. The Bertz CT molecular complexity index is 41.9. The molecule has 0 heterocycles. The summed E-state index contributed by atoms with van der Waals surface area (Å²) in [5.74, 6) is 0. The van der Waals surface area contributed by atoms with Crippen molar-refractivity contribution < 1.29 is 16.5 Å². The molecule has 0 bridgehead atoms. The number of allylic oxidation sites excluding steroid dienone is 2. The van der Waals surface area contributed by atoms with Crippen LogP contribution < -0.4 is 0 Å². The molecule has 0 nitrogen and oxygen atoms in total. The van der Waals surface area contributed by atoms with Gasteiger partial charge in [0.15, 0.2) is 0 Å². The molecule has 0 saturated heterocycles. The molecule has 1 heteroatoms. The fourth-order valence-electron chi connectivity index (χ4n) is 0.510. The Morgan fingerprint density at radius 1 is 1.50 bits per heavy atom. The van der Waals surface area contributed by atoms with Crippen molar-refractivity contribution in [3.05, 3.63) is 12.2 Å². The summed E-state index contributed by atoms with van der Waals surface area (Å²) in [6.07, 6.45) is 9.00. The first kappa shape index (κ1) is 6.23. The van der Waals surface area contributed by atoms with Crippen molar-refractivity contribution in [2.45, 2.75) is 19.3 Å². The predicted molar refractivity (Wildman–Crippen MR) is 21.7 cm³/mol. The van der Waals surface area contributed by atoms with Gasteiger partial charge in [0, 0.05) is 16.5 Å². The summed E-state index contributed by atoms with van der Waals surface area (Å²) in [7, 11) is 0. The van der Waals surface area contributed by atoms with Gasteiger partial charge < -0.3 is 6.08 Å². The van der Waals surface area contributed by atoms with Crippen LogP contribution >= 0.6 is 0 Å². The number of hydrogen-bond donors (Lipinski definition) is 0. The van der Waals surface area contributed by atoms with E-state index in [2.05, 4.69) is 12.2 Å². The summed E-state index contributed by atoms with van der Waals surface area (Å²) >= 11 is 0. The first-order chi connectivity index (χ1) is 2.50. The molecule has 38 valence electrons. The standard InChI is InChI=1S/C5H7.Ni/c1-2-4-5-3-1;/h1H,2,4-5H2;/q-1;. The van der Waals surface area contributed by atoms with Crippen molar-refractivity contribution in [3.63, 3.8) is 0 Å². The van der Waals surface area contributed by atoms with Gasteiger partial charge in [0.25, 0.3) is 0 Å². The molecular formula is C5H7Ni-. The van der Waals surface area contributed by atoms with Crippen LogP contribution in [0.3, 0.4) is 0 Å². The Labute approximate surface area is 48.6 Å². The maximum atomic E-state index is 3.10. The Morgan fingerprint density at radius 2 is 2.33 bits per heavy atom. The Balaban J connectivity index is 0.000000250. The van der Waals surface area contributed by atoms with Crippen LogP contribution in [0.5, 0.6) is 0 Å². The molecule has 0 amide bonds. The predicted octanol–water partition coefficient (Wildman–Crippen LogP) is 1.53. The van der Waals surface area contributed by atoms with Crippen molar-refractivity contribution in [2.24, 2.45) is 0 Å². The summed E-state index contributed by atoms with van der Waals surface area (Å²) in [5.41, 5.74) is 0. The van der Waals surface area contributed by atoms with Gasteiger partial charge in [-0.15, -0.1) is 0 Å². The van der Waals surface area contributed by atoms with Gasteiger partial charge in [-0.2, -0.15) is 6.42 Å². The molecule has 1 rings (SSSR count).